The molecular weight excluding hydrogens is 326 g/mol. The minimum Gasteiger partial charge on any atom is -0.291 e. The molecule has 0 radical (unpaired) electrons. The van der Waals surface area contributed by atoms with Crippen molar-refractivity contribution in [1.82, 2.24) is 0 Å². The van der Waals surface area contributed by atoms with Crippen molar-refractivity contribution in [2.24, 2.45) is 10.9 Å². The molecule has 0 amide bonds. The van der Waals surface area contributed by atoms with Crippen molar-refractivity contribution in [3.05, 3.63) is 11.6 Å². The number of halogens is 1. The van der Waals surface area contributed by atoms with Gasteiger partial charge in [-0.15, -0.1) is 0 Å². The molecule has 0 atom stereocenters. The van der Waals surface area contributed by atoms with Gasteiger partial charge in [-0.2, -0.15) is 0 Å². The number of nitrogens with zero attached hydrogens (tertiary/aromatic N) is 1. The van der Waals surface area contributed by atoms with Gasteiger partial charge in [-0.1, -0.05) is 76.4 Å². The normalized spacial score (nSPS) is 13.5. The van der Waals surface area contributed by atoms with E-state index in [1.54, 1.807) is 5.57 Å². The standard InChI is InChI=1S/C17H34ClNOSi2/c1-14(2)16(20)17(18)19-11-9-10-15(12-21(3,4)5)13-22(6,7)8/h10,14H,9,11-13H2,1-8H3. The second-order valence-corrected chi connectivity index (χ2v) is 20.1. The van der Waals surface area contributed by atoms with E-state index in [0.29, 0.717) is 6.54 Å². The van der Waals surface area contributed by atoms with E-state index in [-0.39, 0.29) is 16.9 Å². The van der Waals surface area contributed by atoms with Gasteiger partial charge in [0, 0.05) is 28.6 Å². The van der Waals surface area contributed by atoms with Gasteiger partial charge in [-0.3, -0.25) is 9.79 Å². The lowest BCUT2D eigenvalue weighted by atomic mass is 10.1. The fraction of sp³-hybridized carbons (Fsp3) is 0.765. The van der Waals surface area contributed by atoms with Crippen LogP contribution in [0.25, 0.3) is 0 Å². The first kappa shape index (κ1) is 21.8. The zero-order valence-electron chi connectivity index (χ0n) is 15.7. The van der Waals surface area contributed by atoms with Crippen LogP contribution < -0.4 is 0 Å². The van der Waals surface area contributed by atoms with E-state index in [2.05, 4.69) is 50.4 Å². The number of allylic oxidation sites excluding steroid dienone is 1. The minimum absolute atomic E-state index is 0.0601. The van der Waals surface area contributed by atoms with Crippen molar-refractivity contribution in [1.29, 1.82) is 0 Å². The summed E-state index contributed by atoms with van der Waals surface area (Å²) in [5.74, 6) is -0.142. The summed E-state index contributed by atoms with van der Waals surface area (Å²) in [5, 5.41) is 0.153. The van der Waals surface area contributed by atoms with Crippen LogP contribution in [-0.2, 0) is 4.79 Å². The smallest absolute Gasteiger partial charge is 0.194 e. The zero-order chi connectivity index (χ0) is 17.6. The molecular formula is C17H34ClNOSi2. The maximum absolute atomic E-state index is 11.7. The molecule has 0 saturated carbocycles. The maximum atomic E-state index is 11.7. The summed E-state index contributed by atoms with van der Waals surface area (Å²) in [4.78, 5) is 15.9. The van der Waals surface area contributed by atoms with Gasteiger partial charge in [-0.05, 0) is 18.5 Å². The fourth-order valence-electron chi connectivity index (χ4n) is 2.32. The number of Topliss-reactive ketones (excluding diaryl/α,β-unsaturated/α-hetero) is 1. The van der Waals surface area contributed by atoms with Crippen LogP contribution >= 0.6 is 11.6 Å². The molecule has 0 saturated heterocycles. The molecule has 0 spiro atoms. The predicted octanol–water partition coefficient (Wildman–Crippen LogP) is 5.84. The number of rotatable bonds is 9. The second kappa shape index (κ2) is 9.19. The highest BCUT2D eigenvalue weighted by molar-refractivity contribution is 6.83. The molecule has 0 aliphatic heterocycles. The molecule has 0 aromatic carbocycles. The topological polar surface area (TPSA) is 29.4 Å². The molecule has 0 bridgehead atoms. The molecule has 0 aliphatic carbocycles. The fourth-order valence-corrected chi connectivity index (χ4v) is 6.13. The summed E-state index contributed by atoms with van der Waals surface area (Å²) in [7, 11) is -2.19. The van der Waals surface area contributed by atoms with Gasteiger partial charge in [0.1, 0.15) is 0 Å². The van der Waals surface area contributed by atoms with E-state index >= 15 is 0 Å². The molecule has 22 heavy (non-hydrogen) atoms. The van der Waals surface area contributed by atoms with Crippen LogP contribution in [0.1, 0.15) is 20.3 Å². The van der Waals surface area contributed by atoms with E-state index in [1.807, 2.05) is 13.8 Å². The van der Waals surface area contributed by atoms with Crippen molar-refractivity contribution in [2.45, 2.75) is 71.6 Å². The number of ketones is 1. The van der Waals surface area contributed by atoms with Crippen LogP contribution in [0.3, 0.4) is 0 Å². The first-order valence-corrected chi connectivity index (χ1v) is 16.0. The van der Waals surface area contributed by atoms with E-state index < -0.39 is 16.1 Å². The number of carbonyl (C=O) groups is 1. The van der Waals surface area contributed by atoms with Gasteiger partial charge < -0.3 is 0 Å². The molecule has 0 unspecified atom stereocenters. The maximum Gasteiger partial charge on any atom is 0.194 e. The first-order chi connectivity index (χ1) is 9.82. The second-order valence-electron chi connectivity index (χ2n) is 8.82. The Morgan fingerprint density at radius 2 is 1.50 bits per heavy atom. The number of hydrogen-bond acceptors (Lipinski definition) is 2. The molecule has 0 aromatic rings. The monoisotopic (exact) mass is 359 g/mol. The largest absolute Gasteiger partial charge is 0.291 e. The highest BCUT2D eigenvalue weighted by atomic mass is 35.5. The minimum atomic E-state index is -1.10. The Labute approximate surface area is 144 Å². The average Bonchev–Trinajstić information content (AvgIpc) is 2.28. The number of aliphatic imine (C=N–C) groups is 1. The van der Waals surface area contributed by atoms with E-state index in [4.69, 9.17) is 11.6 Å². The third-order valence-corrected chi connectivity index (χ3v) is 6.39. The molecule has 5 heteroatoms. The molecule has 0 aliphatic rings. The summed E-state index contributed by atoms with van der Waals surface area (Å²) in [6.07, 6.45) is 3.23. The Kier molecular flexibility index (Phi) is 9.10. The van der Waals surface area contributed by atoms with Gasteiger partial charge in [0.2, 0.25) is 0 Å². The SMILES string of the molecule is CC(C)C(=O)C(Cl)=NCCC=C(C[Si](C)(C)C)C[Si](C)(C)C. The average molecular weight is 360 g/mol. The summed E-state index contributed by atoms with van der Waals surface area (Å²) in [5.41, 5.74) is 1.60. The van der Waals surface area contributed by atoms with Gasteiger partial charge in [-0.25, -0.2) is 0 Å². The lowest BCUT2D eigenvalue weighted by Crippen LogP contribution is -2.25. The van der Waals surface area contributed by atoms with E-state index in [9.17, 15) is 4.79 Å². The van der Waals surface area contributed by atoms with Crippen LogP contribution in [0.15, 0.2) is 16.6 Å². The van der Waals surface area contributed by atoms with Crippen molar-refractivity contribution in [3.63, 3.8) is 0 Å². The van der Waals surface area contributed by atoms with Gasteiger partial charge >= 0.3 is 0 Å². The van der Waals surface area contributed by atoms with Gasteiger partial charge in [0.25, 0.3) is 0 Å². The van der Waals surface area contributed by atoms with Crippen LogP contribution in [0, 0.1) is 5.92 Å². The van der Waals surface area contributed by atoms with Crippen LogP contribution in [0.4, 0.5) is 0 Å². The van der Waals surface area contributed by atoms with Crippen LogP contribution in [0.5, 0.6) is 0 Å². The summed E-state index contributed by atoms with van der Waals surface area (Å²) < 4.78 is 0. The highest BCUT2D eigenvalue weighted by Crippen LogP contribution is 2.25. The molecule has 0 heterocycles. The molecule has 0 fully saturated rings. The third kappa shape index (κ3) is 11.4. The Hall–Kier alpha value is -0.196. The Balaban J connectivity index is 4.73. The van der Waals surface area contributed by atoms with Crippen molar-refractivity contribution < 1.29 is 4.79 Å². The zero-order valence-corrected chi connectivity index (χ0v) is 18.5. The van der Waals surface area contributed by atoms with Crippen molar-refractivity contribution in [2.75, 3.05) is 6.54 Å². The summed E-state index contributed by atoms with van der Waals surface area (Å²) in [6, 6.07) is 2.53. The molecule has 2 nitrogen and oxygen atoms in total. The number of hydrogen-bond donors (Lipinski definition) is 0. The molecule has 0 rings (SSSR count). The van der Waals surface area contributed by atoms with Crippen molar-refractivity contribution >= 4 is 38.7 Å². The van der Waals surface area contributed by atoms with Crippen LogP contribution in [0.2, 0.25) is 51.4 Å². The molecule has 0 aromatic heterocycles. The number of carbonyl (C=O) groups excluding carboxylic acids is 1. The summed E-state index contributed by atoms with van der Waals surface area (Å²) >= 11 is 5.95. The lowest BCUT2D eigenvalue weighted by Gasteiger charge is -2.24. The Bertz CT molecular complexity index is 411. The lowest BCUT2D eigenvalue weighted by molar-refractivity contribution is -0.115. The predicted molar refractivity (Wildman–Crippen MR) is 107 cm³/mol. The van der Waals surface area contributed by atoms with Crippen LogP contribution in [-0.4, -0.2) is 33.6 Å². The summed E-state index contributed by atoms with van der Waals surface area (Å²) in [6.45, 7) is 18.8. The quantitative estimate of drug-likeness (QED) is 0.220. The Morgan fingerprint density at radius 1 is 1.05 bits per heavy atom. The molecule has 0 N–H and O–H groups in total. The van der Waals surface area contributed by atoms with Gasteiger partial charge in [0.05, 0.1) is 0 Å². The van der Waals surface area contributed by atoms with Gasteiger partial charge in [0.15, 0.2) is 11.0 Å². The first-order valence-electron chi connectivity index (χ1n) is 8.24. The molecule has 128 valence electrons. The van der Waals surface area contributed by atoms with E-state index in [1.165, 1.54) is 12.1 Å². The van der Waals surface area contributed by atoms with E-state index in [0.717, 1.165) is 6.42 Å². The highest BCUT2D eigenvalue weighted by Gasteiger charge is 2.21. The third-order valence-electron chi connectivity index (χ3n) is 3.06. The Morgan fingerprint density at radius 3 is 1.86 bits per heavy atom. The van der Waals surface area contributed by atoms with Crippen molar-refractivity contribution in [3.8, 4) is 0 Å².